The number of alkyl carbamates (subject to hydrolysis) is 1. The molecular weight excluding hydrogens is 524 g/mol. The number of methoxy groups -OCH3 is 1. The lowest BCUT2D eigenvalue weighted by molar-refractivity contribution is -0.384. The molecule has 0 aliphatic carbocycles. The van der Waals surface area contributed by atoms with E-state index in [4.69, 9.17) is 16.1 Å². The zero-order valence-corrected chi connectivity index (χ0v) is 22.4. The fourth-order valence-corrected chi connectivity index (χ4v) is 5.18. The minimum absolute atomic E-state index is 0.0282. The number of nitro benzene ring substituents is 1. The summed E-state index contributed by atoms with van der Waals surface area (Å²) in [5, 5.41) is 19.2. The Kier molecular flexibility index (Phi) is 10.5. The third kappa shape index (κ3) is 7.93. The number of carbonyl (C=O) groups excluding carboxylic acids is 2. The minimum Gasteiger partial charge on any atom is -0.453 e. The van der Waals surface area contributed by atoms with Crippen LogP contribution >= 0.6 is 23.1 Å². The predicted molar refractivity (Wildman–Crippen MR) is 150 cm³/mol. The zero-order chi connectivity index (χ0) is 27.5. The summed E-state index contributed by atoms with van der Waals surface area (Å²) in [7, 11) is 1.23. The number of nitro groups is 1. The smallest absolute Gasteiger partial charge is 0.407 e. The number of nitrogens with zero attached hydrogens (tertiary/aromatic N) is 2. The van der Waals surface area contributed by atoms with Crippen LogP contribution in [0.25, 0.3) is 4.91 Å². The van der Waals surface area contributed by atoms with Crippen molar-refractivity contribution in [3.63, 3.8) is 0 Å². The van der Waals surface area contributed by atoms with Crippen molar-refractivity contribution in [1.29, 1.82) is 0 Å². The molecule has 0 spiro atoms. The topological polar surface area (TPSA) is 123 Å². The molecule has 0 aliphatic heterocycles. The molecule has 0 radical (unpaired) electrons. The fraction of sp³-hybridized carbons (Fsp3) is 0.222. The number of rotatable bonds is 11. The molecule has 0 unspecified atom stereocenters. The highest BCUT2D eigenvalue weighted by molar-refractivity contribution is 8.07. The molecule has 0 saturated carbocycles. The summed E-state index contributed by atoms with van der Waals surface area (Å²) < 4.78 is 4.73. The molecule has 196 valence electrons. The van der Waals surface area contributed by atoms with Crippen LogP contribution in [0.2, 0.25) is 0 Å². The summed E-state index contributed by atoms with van der Waals surface area (Å²) in [6.45, 7) is 0. The van der Waals surface area contributed by atoms with Gasteiger partial charge in [-0.15, -0.1) is 29.5 Å². The molecule has 3 rings (SSSR count). The molecule has 0 aliphatic rings. The highest BCUT2D eigenvalue weighted by atomic mass is 32.2. The molecule has 2 atom stereocenters. The van der Waals surface area contributed by atoms with Gasteiger partial charge >= 0.3 is 6.09 Å². The van der Waals surface area contributed by atoms with Crippen LogP contribution in [0.3, 0.4) is 0 Å². The van der Waals surface area contributed by atoms with E-state index in [0.717, 1.165) is 16.0 Å². The maximum atomic E-state index is 13.5. The first-order valence-electron chi connectivity index (χ1n) is 11.4. The van der Waals surface area contributed by atoms with Crippen molar-refractivity contribution in [2.45, 2.75) is 24.9 Å². The molecule has 0 saturated heterocycles. The predicted octanol–water partition coefficient (Wildman–Crippen LogP) is 4.76. The molecule has 11 heteroatoms. The van der Waals surface area contributed by atoms with Gasteiger partial charge in [-0.25, -0.2) is 9.78 Å². The molecule has 0 fully saturated rings. The van der Waals surface area contributed by atoms with E-state index < -0.39 is 29.0 Å². The third-order valence-electron chi connectivity index (χ3n) is 5.50. The number of nitrogens with one attached hydrogen (secondary N) is 2. The first-order valence-corrected chi connectivity index (χ1v) is 13.5. The molecule has 2 amide bonds. The van der Waals surface area contributed by atoms with Gasteiger partial charge in [0.1, 0.15) is 11.0 Å². The number of amides is 2. The summed E-state index contributed by atoms with van der Waals surface area (Å²) in [5.41, 5.74) is 2.20. The largest absolute Gasteiger partial charge is 0.453 e. The Bertz CT molecular complexity index is 1330. The second-order valence-electron chi connectivity index (χ2n) is 8.02. The number of hydrogen-bond donors (Lipinski definition) is 2. The number of carbonyl (C=O) groups is 2. The lowest BCUT2D eigenvalue weighted by atomic mass is 10.0. The van der Waals surface area contributed by atoms with Crippen molar-refractivity contribution in [1.82, 2.24) is 15.6 Å². The first-order chi connectivity index (χ1) is 18.3. The lowest BCUT2D eigenvalue weighted by Crippen LogP contribution is -2.49. The van der Waals surface area contributed by atoms with Crippen molar-refractivity contribution in [2.75, 3.05) is 13.4 Å². The summed E-state index contributed by atoms with van der Waals surface area (Å²) in [5.74, 6) is 2.08. The van der Waals surface area contributed by atoms with Crippen molar-refractivity contribution >= 4 is 45.7 Å². The van der Waals surface area contributed by atoms with E-state index in [9.17, 15) is 19.7 Å². The summed E-state index contributed by atoms with van der Waals surface area (Å²) in [4.78, 5) is 41.6. The average Bonchev–Trinajstić information content (AvgIpc) is 3.41. The van der Waals surface area contributed by atoms with E-state index in [1.165, 1.54) is 42.3 Å². The normalized spacial score (nSPS) is 12.6. The number of allylic oxidation sites excluding steroid dienone is 1. The number of non-ortho nitro benzene ring substituents is 1. The van der Waals surface area contributed by atoms with Crippen LogP contribution in [-0.2, 0) is 22.4 Å². The Morgan fingerprint density at radius 2 is 1.84 bits per heavy atom. The summed E-state index contributed by atoms with van der Waals surface area (Å²) in [6, 6.07) is 13.9. The highest BCUT2D eigenvalue weighted by Crippen LogP contribution is 2.30. The van der Waals surface area contributed by atoms with Crippen molar-refractivity contribution in [3.05, 3.63) is 98.0 Å². The van der Waals surface area contributed by atoms with Gasteiger partial charge in [0.15, 0.2) is 0 Å². The van der Waals surface area contributed by atoms with E-state index in [1.807, 2.05) is 42.0 Å². The highest BCUT2D eigenvalue weighted by Gasteiger charge is 2.26. The van der Waals surface area contributed by atoms with Crippen LogP contribution in [0.15, 0.2) is 66.1 Å². The standard InChI is InChI=1S/C27H26N4O5S2/c1-4-8-24(37-3)26-29-23(17-38-26)21(15-19-11-13-20(14-12-19)31(34)35)28-25(32)22(30-27(33)36-2)16-18-9-6-5-7-10-18/h1,5-14,17,21-22H,15-16H2,2-3H3,(H,28,32)(H,30,33)/b24-8-/t21-,22+/m0/s1. The Hall–Kier alpha value is -4.14. The quantitative estimate of drug-likeness (QED) is 0.201. The zero-order valence-electron chi connectivity index (χ0n) is 20.7. The van der Waals surface area contributed by atoms with E-state index >= 15 is 0 Å². The molecule has 38 heavy (non-hydrogen) atoms. The van der Waals surface area contributed by atoms with Crippen LogP contribution in [0, 0.1) is 22.5 Å². The average molecular weight is 551 g/mol. The maximum Gasteiger partial charge on any atom is 0.407 e. The Labute approximate surface area is 228 Å². The number of thiazole rings is 1. The molecule has 3 aromatic rings. The lowest BCUT2D eigenvalue weighted by Gasteiger charge is -2.23. The van der Waals surface area contributed by atoms with Gasteiger partial charge < -0.3 is 15.4 Å². The number of ether oxygens (including phenoxy) is 1. The van der Waals surface area contributed by atoms with Crippen LogP contribution in [-0.4, -0.2) is 41.3 Å². The van der Waals surface area contributed by atoms with Crippen LogP contribution < -0.4 is 10.6 Å². The van der Waals surface area contributed by atoms with Gasteiger partial charge in [-0.2, -0.15) is 0 Å². The molecular formula is C27H26N4O5S2. The number of aromatic nitrogens is 1. The van der Waals surface area contributed by atoms with Gasteiger partial charge in [0.2, 0.25) is 5.91 Å². The number of terminal acetylenes is 1. The molecule has 1 heterocycles. The Morgan fingerprint density at radius 3 is 2.45 bits per heavy atom. The first kappa shape index (κ1) is 28.4. The molecule has 9 nitrogen and oxygen atoms in total. The van der Waals surface area contributed by atoms with Crippen molar-refractivity contribution < 1.29 is 19.2 Å². The van der Waals surface area contributed by atoms with Gasteiger partial charge in [-0.1, -0.05) is 48.4 Å². The Morgan fingerprint density at radius 1 is 1.16 bits per heavy atom. The number of benzene rings is 2. The van der Waals surface area contributed by atoms with Gasteiger partial charge in [0.05, 0.1) is 28.7 Å². The molecule has 1 aromatic heterocycles. The number of hydrogen-bond acceptors (Lipinski definition) is 8. The van der Waals surface area contributed by atoms with Crippen molar-refractivity contribution in [2.24, 2.45) is 0 Å². The summed E-state index contributed by atoms with van der Waals surface area (Å²) >= 11 is 2.86. The van der Waals surface area contributed by atoms with E-state index in [2.05, 4.69) is 16.6 Å². The van der Waals surface area contributed by atoms with E-state index in [1.54, 1.807) is 18.2 Å². The number of thioether (sulfide) groups is 1. The van der Waals surface area contributed by atoms with Gasteiger partial charge in [-0.05, 0) is 23.8 Å². The fourth-order valence-electron chi connectivity index (χ4n) is 3.59. The van der Waals surface area contributed by atoms with Crippen LogP contribution in [0.4, 0.5) is 10.5 Å². The second-order valence-corrected chi connectivity index (χ2v) is 9.73. The monoisotopic (exact) mass is 550 g/mol. The molecule has 0 bridgehead atoms. The van der Waals surface area contributed by atoms with Crippen LogP contribution in [0.5, 0.6) is 0 Å². The molecule has 2 N–H and O–H groups in total. The van der Waals surface area contributed by atoms with Gasteiger partial charge in [0.25, 0.3) is 5.69 Å². The van der Waals surface area contributed by atoms with E-state index in [0.29, 0.717) is 17.1 Å². The van der Waals surface area contributed by atoms with Crippen LogP contribution in [0.1, 0.15) is 27.9 Å². The summed E-state index contributed by atoms with van der Waals surface area (Å²) in [6.07, 6.45) is 8.81. The van der Waals surface area contributed by atoms with E-state index in [-0.39, 0.29) is 12.1 Å². The molecule has 2 aromatic carbocycles. The third-order valence-corrected chi connectivity index (χ3v) is 7.28. The maximum absolute atomic E-state index is 13.5. The SMILES string of the molecule is C#C/C=C(\SC)c1nc([C@H](Cc2ccc([N+](=O)[O-])cc2)NC(=O)[C@@H](Cc2ccccc2)NC(=O)OC)cs1. The second kappa shape index (κ2) is 14.0. The van der Waals surface area contributed by atoms with Crippen molar-refractivity contribution in [3.8, 4) is 12.3 Å². The van der Waals surface area contributed by atoms with Gasteiger partial charge in [-0.3, -0.25) is 14.9 Å². The van der Waals surface area contributed by atoms with Gasteiger partial charge in [0, 0.05) is 30.0 Å². The minimum atomic E-state index is -0.912. The Balaban J connectivity index is 1.91.